The lowest BCUT2D eigenvalue weighted by molar-refractivity contribution is 0.0913. The van der Waals surface area contributed by atoms with Crippen LogP contribution < -0.4 is 5.32 Å². The molecule has 0 radical (unpaired) electrons. The molecule has 0 spiro atoms. The summed E-state index contributed by atoms with van der Waals surface area (Å²) in [5.41, 5.74) is 0. The monoisotopic (exact) mass is 478 g/mol. The van der Waals surface area contributed by atoms with Crippen LogP contribution in [0.4, 0.5) is 4.79 Å². The first-order valence-corrected chi connectivity index (χ1v) is 9.14. The number of nitrogens with zero attached hydrogens (tertiary/aromatic N) is 3. The minimum atomic E-state index is -0.228. The number of nitrogens with one attached hydrogen (secondary N) is 1. The van der Waals surface area contributed by atoms with E-state index in [0.717, 1.165) is 37.7 Å². The van der Waals surface area contributed by atoms with Crippen LogP contribution >= 0.6 is 24.0 Å². The predicted molar refractivity (Wildman–Crippen MR) is 113 cm³/mol. The average molecular weight is 478 g/mol. The SMILES string of the molecule is CCOC(=O)N1CCN(C(=NCCc2ccco2)NC(C)CC)CC1.I. The van der Waals surface area contributed by atoms with Crippen molar-refractivity contribution < 1.29 is 13.9 Å². The number of hydrogen-bond acceptors (Lipinski definition) is 4. The van der Waals surface area contributed by atoms with Crippen molar-refractivity contribution in [3.8, 4) is 0 Å². The molecule has 0 aromatic carbocycles. The van der Waals surface area contributed by atoms with Gasteiger partial charge in [-0.1, -0.05) is 6.92 Å². The zero-order valence-electron chi connectivity index (χ0n) is 15.9. The minimum Gasteiger partial charge on any atom is -0.469 e. The molecule has 2 rings (SSSR count). The number of guanidine groups is 1. The molecule has 1 aliphatic heterocycles. The molecular weight excluding hydrogens is 447 g/mol. The van der Waals surface area contributed by atoms with Crippen LogP contribution in [0.5, 0.6) is 0 Å². The third kappa shape index (κ3) is 7.05. The lowest BCUT2D eigenvalue weighted by atomic mass is 10.2. The molecule has 148 valence electrons. The van der Waals surface area contributed by atoms with Crippen molar-refractivity contribution >= 4 is 36.0 Å². The zero-order valence-corrected chi connectivity index (χ0v) is 18.3. The summed E-state index contributed by atoms with van der Waals surface area (Å²) in [5, 5.41) is 3.50. The number of furan rings is 1. The average Bonchev–Trinajstić information content (AvgIpc) is 3.14. The summed E-state index contributed by atoms with van der Waals surface area (Å²) in [6, 6.07) is 4.21. The van der Waals surface area contributed by atoms with Gasteiger partial charge in [0.2, 0.25) is 0 Å². The molecule has 0 bridgehead atoms. The fourth-order valence-corrected chi connectivity index (χ4v) is 2.60. The fourth-order valence-electron chi connectivity index (χ4n) is 2.60. The second-order valence-corrected chi connectivity index (χ2v) is 6.16. The van der Waals surface area contributed by atoms with E-state index in [9.17, 15) is 4.79 Å². The van der Waals surface area contributed by atoms with Crippen LogP contribution in [0.3, 0.4) is 0 Å². The van der Waals surface area contributed by atoms with Gasteiger partial charge in [0.05, 0.1) is 12.9 Å². The van der Waals surface area contributed by atoms with Gasteiger partial charge < -0.3 is 24.3 Å². The Morgan fingerprint density at radius 2 is 2.00 bits per heavy atom. The Morgan fingerprint density at radius 1 is 1.31 bits per heavy atom. The van der Waals surface area contributed by atoms with Crippen LogP contribution in [0.25, 0.3) is 0 Å². The topological polar surface area (TPSA) is 70.3 Å². The van der Waals surface area contributed by atoms with Gasteiger partial charge in [0.25, 0.3) is 0 Å². The van der Waals surface area contributed by atoms with Gasteiger partial charge in [0.1, 0.15) is 5.76 Å². The molecule has 0 aliphatic carbocycles. The second kappa shape index (κ2) is 12.0. The van der Waals surface area contributed by atoms with E-state index < -0.39 is 0 Å². The van der Waals surface area contributed by atoms with E-state index >= 15 is 0 Å². The van der Waals surface area contributed by atoms with Gasteiger partial charge in [-0.15, -0.1) is 24.0 Å². The Morgan fingerprint density at radius 3 is 2.58 bits per heavy atom. The Bertz CT molecular complexity index is 543. The highest BCUT2D eigenvalue weighted by molar-refractivity contribution is 14.0. The number of piperazine rings is 1. The quantitative estimate of drug-likeness (QED) is 0.387. The summed E-state index contributed by atoms with van der Waals surface area (Å²) in [5.74, 6) is 1.85. The van der Waals surface area contributed by atoms with E-state index in [2.05, 4.69) is 24.1 Å². The van der Waals surface area contributed by atoms with Crippen molar-refractivity contribution in [2.24, 2.45) is 4.99 Å². The summed E-state index contributed by atoms with van der Waals surface area (Å²) in [6.45, 7) is 10.0. The summed E-state index contributed by atoms with van der Waals surface area (Å²) < 4.78 is 10.4. The molecule has 0 saturated carbocycles. The van der Waals surface area contributed by atoms with Gasteiger partial charge >= 0.3 is 6.09 Å². The Hall–Kier alpha value is -1.45. The Kier molecular flexibility index (Phi) is 10.5. The zero-order chi connectivity index (χ0) is 18.1. The number of halogens is 1. The summed E-state index contributed by atoms with van der Waals surface area (Å²) in [4.78, 5) is 20.6. The highest BCUT2D eigenvalue weighted by atomic mass is 127. The number of hydrogen-bond donors (Lipinski definition) is 1. The van der Waals surface area contributed by atoms with Crippen molar-refractivity contribution in [2.45, 2.75) is 39.7 Å². The molecule has 1 fully saturated rings. The number of carbonyl (C=O) groups is 1. The van der Waals surface area contributed by atoms with Gasteiger partial charge in [-0.25, -0.2) is 4.79 Å². The second-order valence-electron chi connectivity index (χ2n) is 6.16. The van der Waals surface area contributed by atoms with Crippen LogP contribution in [0.2, 0.25) is 0 Å². The highest BCUT2D eigenvalue weighted by Gasteiger charge is 2.24. The highest BCUT2D eigenvalue weighted by Crippen LogP contribution is 2.06. The lowest BCUT2D eigenvalue weighted by Crippen LogP contribution is -2.55. The molecule has 1 saturated heterocycles. The van der Waals surface area contributed by atoms with Gasteiger partial charge in [0.15, 0.2) is 5.96 Å². The molecule has 7 nitrogen and oxygen atoms in total. The van der Waals surface area contributed by atoms with E-state index in [1.807, 2.05) is 19.1 Å². The summed E-state index contributed by atoms with van der Waals surface area (Å²) in [6.07, 6.45) is 3.27. The lowest BCUT2D eigenvalue weighted by Gasteiger charge is -2.36. The first-order valence-electron chi connectivity index (χ1n) is 9.14. The summed E-state index contributed by atoms with van der Waals surface area (Å²) in [7, 11) is 0. The molecule has 8 heteroatoms. The molecule has 1 aromatic rings. The van der Waals surface area contributed by atoms with Gasteiger partial charge in [-0.3, -0.25) is 4.99 Å². The maximum absolute atomic E-state index is 11.8. The van der Waals surface area contributed by atoms with Gasteiger partial charge in [0, 0.05) is 45.2 Å². The first kappa shape index (κ1) is 22.6. The molecular formula is C18H31IN4O3. The van der Waals surface area contributed by atoms with E-state index in [-0.39, 0.29) is 30.1 Å². The van der Waals surface area contributed by atoms with E-state index in [1.165, 1.54) is 0 Å². The molecule has 26 heavy (non-hydrogen) atoms. The van der Waals surface area contributed by atoms with Crippen molar-refractivity contribution in [2.75, 3.05) is 39.3 Å². The van der Waals surface area contributed by atoms with Gasteiger partial charge in [-0.2, -0.15) is 0 Å². The number of aliphatic imine (C=N–C) groups is 1. The number of ether oxygens (including phenoxy) is 1. The van der Waals surface area contributed by atoms with Crippen LogP contribution in [0.15, 0.2) is 27.8 Å². The third-order valence-corrected chi connectivity index (χ3v) is 4.29. The van der Waals surface area contributed by atoms with Crippen LogP contribution in [0, 0.1) is 0 Å². The standard InChI is InChI=1S/C18H30N4O3.HI/c1-4-15(3)20-17(19-9-8-16-7-6-14-25-16)21-10-12-22(13-11-21)18(23)24-5-2;/h6-7,14-15H,4-5,8-13H2,1-3H3,(H,19,20);1H. The largest absolute Gasteiger partial charge is 0.469 e. The predicted octanol–water partition coefficient (Wildman–Crippen LogP) is 2.96. The molecule has 2 heterocycles. The van der Waals surface area contributed by atoms with Gasteiger partial charge in [-0.05, 0) is 32.4 Å². The fraction of sp³-hybridized carbons (Fsp3) is 0.667. The molecule has 1 aromatic heterocycles. The van der Waals surface area contributed by atoms with Crippen molar-refractivity contribution in [3.63, 3.8) is 0 Å². The molecule has 1 aliphatic rings. The Balaban J connectivity index is 0.00000338. The van der Waals surface area contributed by atoms with Crippen molar-refractivity contribution in [1.82, 2.24) is 15.1 Å². The smallest absolute Gasteiger partial charge is 0.409 e. The van der Waals surface area contributed by atoms with Crippen LogP contribution in [0.1, 0.15) is 33.0 Å². The molecule has 1 unspecified atom stereocenters. The first-order chi connectivity index (χ1) is 12.1. The molecule has 1 N–H and O–H groups in total. The van der Waals surface area contributed by atoms with E-state index in [1.54, 1.807) is 11.2 Å². The maximum Gasteiger partial charge on any atom is 0.409 e. The minimum absolute atomic E-state index is 0. The molecule has 1 atom stereocenters. The van der Waals surface area contributed by atoms with Crippen molar-refractivity contribution in [1.29, 1.82) is 0 Å². The number of rotatable bonds is 6. The summed E-state index contributed by atoms with van der Waals surface area (Å²) >= 11 is 0. The van der Waals surface area contributed by atoms with Crippen molar-refractivity contribution in [3.05, 3.63) is 24.2 Å². The number of amides is 1. The van der Waals surface area contributed by atoms with E-state index in [4.69, 9.17) is 14.1 Å². The van der Waals surface area contributed by atoms with Crippen LogP contribution in [-0.2, 0) is 11.2 Å². The number of carbonyl (C=O) groups excluding carboxylic acids is 1. The van der Waals surface area contributed by atoms with Crippen LogP contribution in [-0.4, -0.2) is 67.2 Å². The normalized spacial score (nSPS) is 16.0. The Labute approximate surface area is 173 Å². The van der Waals surface area contributed by atoms with E-state index in [0.29, 0.717) is 32.3 Å². The molecule has 1 amide bonds. The third-order valence-electron chi connectivity index (χ3n) is 4.29. The maximum atomic E-state index is 11.8.